The molecule has 4 nitrogen and oxygen atoms in total. The zero-order valence-corrected chi connectivity index (χ0v) is 14.9. The molecule has 1 aliphatic heterocycles. The number of amides is 1. The molecular formula is C16H17BrClN3O. The average molecular weight is 383 g/mol. The van der Waals surface area contributed by atoms with E-state index < -0.39 is 0 Å². The van der Waals surface area contributed by atoms with Crippen LogP contribution in [0.4, 0.5) is 5.82 Å². The van der Waals surface area contributed by atoms with Crippen molar-refractivity contribution in [3.63, 3.8) is 0 Å². The fraction of sp³-hybridized carbons (Fsp3) is 0.375. The Morgan fingerprint density at radius 1 is 1.41 bits per heavy atom. The van der Waals surface area contributed by atoms with Gasteiger partial charge < -0.3 is 9.80 Å². The highest BCUT2D eigenvalue weighted by atomic mass is 79.9. The summed E-state index contributed by atoms with van der Waals surface area (Å²) in [6.45, 7) is 0.844. The van der Waals surface area contributed by atoms with Crippen molar-refractivity contribution in [2.45, 2.75) is 18.9 Å². The molecule has 2 aromatic rings. The summed E-state index contributed by atoms with van der Waals surface area (Å²) in [6.07, 6.45) is 1.86. The van der Waals surface area contributed by atoms with Crippen LogP contribution in [0.5, 0.6) is 0 Å². The number of carbonyl (C=O) groups is 1. The Labute approximate surface area is 143 Å². The van der Waals surface area contributed by atoms with Crippen LogP contribution in [-0.4, -0.2) is 42.5 Å². The van der Waals surface area contributed by atoms with Gasteiger partial charge in [-0.05, 0) is 37.1 Å². The minimum Gasteiger partial charge on any atom is -0.347 e. The zero-order chi connectivity index (χ0) is 15.9. The van der Waals surface area contributed by atoms with Gasteiger partial charge in [-0.1, -0.05) is 27.5 Å². The van der Waals surface area contributed by atoms with E-state index in [1.54, 1.807) is 19.0 Å². The van der Waals surface area contributed by atoms with Crippen LogP contribution in [0.3, 0.4) is 0 Å². The maximum atomic E-state index is 12.3. The van der Waals surface area contributed by atoms with E-state index in [0.717, 1.165) is 40.6 Å². The number of nitrogens with zero attached hydrogens (tertiary/aromatic N) is 3. The molecule has 1 amide bonds. The van der Waals surface area contributed by atoms with Gasteiger partial charge >= 0.3 is 0 Å². The third-order valence-electron chi connectivity index (χ3n) is 3.97. The first-order valence-corrected chi connectivity index (χ1v) is 8.38. The van der Waals surface area contributed by atoms with Crippen molar-refractivity contribution in [3.05, 3.63) is 33.8 Å². The summed E-state index contributed by atoms with van der Waals surface area (Å²) in [7, 11) is 3.59. The molecule has 0 saturated carbocycles. The molecule has 1 unspecified atom stereocenters. The first-order valence-electron chi connectivity index (χ1n) is 7.21. The molecule has 0 bridgehead atoms. The minimum atomic E-state index is -0.130. The van der Waals surface area contributed by atoms with Gasteiger partial charge in [0.25, 0.3) is 0 Å². The van der Waals surface area contributed by atoms with Crippen molar-refractivity contribution in [2.75, 3.05) is 25.5 Å². The molecule has 1 aliphatic rings. The number of likely N-dealkylation sites (N-methyl/N-ethyl adjacent to an activating group) is 1. The smallest absolute Gasteiger partial charge is 0.244 e. The summed E-state index contributed by atoms with van der Waals surface area (Å²) in [5.41, 5.74) is 0.769. The molecule has 1 fully saturated rings. The summed E-state index contributed by atoms with van der Waals surface area (Å²) >= 11 is 9.74. The van der Waals surface area contributed by atoms with E-state index >= 15 is 0 Å². The van der Waals surface area contributed by atoms with E-state index in [1.165, 1.54) is 0 Å². The second-order valence-corrected chi connectivity index (χ2v) is 7.04. The normalized spacial score (nSPS) is 18.0. The lowest BCUT2D eigenvalue weighted by Crippen LogP contribution is -2.43. The van der Waals surface area contributed by atoms with Gasteiger partial charge in [0, 0.05) is 30.5 Å². The standard InChI is InChI=1S/C16H17BrClN3O/c1-20(2)16(22)13-4-3-7-21(13)14-6-5-10-8-11(17)9-12(18)15(10)19-14/h5-6,8-9,13H,3-4,7H2,1-2H3. The molecule has 3 rings (SSSR count). The molecule has 116 valence electrons. The Hall–Kier alpha value is -1.33. The molecule has 0 aliphatic carbocycles. The third-order valence-corrected chi connectivity index (χ3v) is 4.71. The number of carbonyl (C=O) groups excluding carboxylic acids is 1. The van der Waals surface area contributed by atoms with Crippen LogP contribution in [0.15, 0.2) is 28.7 Å². The van der Waals surface area contributed by atoms with Crippen LogP contribution in [0.2, 0.25) is 5.02 Å². The van der Waals surface area contributed by atoms with Gasteiger partial charge in [0.15, 0.2) is 0 Å². The molecule has 2 heterocycles. The van der Waals surface area contributed by atoms with Crippen LogP contribution >= 0.6 is 27.5 Å². The monoisotopic (exact) mass is 381 g/mol. The fourth-order valence-corrected chi connectivity index (χ4v) is 3.78. The average Bonchev–Trinajstić information content (AvgIpc) is 2.95. The Balaban J connectivity index is 2.01. The van der Waals surface area contributed by atoms with Gasteiger partial charge in [-0.2, -0.15) is 0 Å². The van der Waals surface area contributed by atoms with Crippen molar-refractivity contribution in [2.24, 2.45) is 0 Å². The van der Waals surface area contributed by atoms with Crippen LogP contribution in [0.1, 0.15) is 12.8 Å². The molecular weight excluding hydrogens is 366 g/mol. The number of aromatic nitrogens is 1. The Bertz CT molecular complexity index is 735. The number of hydrogen-bond donors (Lipinski definition) is 0. The van der Waals surface area contributed by atoms with E-state index in [1.807, 2.05) is 24.3 Å². The highest BCUT2D eigenvalue weighted by molar-refractivity contribution is 9.10. The molecule has 22 heavy (non-hydrogen) atoms. The molecule has 1 aromatic heterocycles. The maximum Gasteiger partial charge on any atom is 0.244 e. The zero-order valence-electron chi connectivity index (χ0n) is 12.5. The number of hydrogen-bond acceptors (Lipinski definition) is 3. The van der Waals surface area contributed by atoms with E-state index in [0.29, 0.717) is 5.02 Å². The summed E-state index contributed by atoms with van der Waals surface area (Å²) < 4.78 is 0.932. The molecule has 0 spiro atoms. The largest absolute Gasteiger partial charge is 0.347 e. The maximum absolute atomic E-state index is 12.3. The third kappa shape index (κ3) is 2.79. The SMILES string of the molecule is CN(C)C(=O)C1CCCN1c1ccc2cc(Br)cc(Cl)c2n1. The number of benzene rings is 1. The molecule has 6 heteroatoms. The predicted molar refractivity (Wildman–Crippen MR) is 93.5 cm³/mol. The number of pyridine rings is 1. The van der Waals surface area contributed by atoms with E-state index in [-0.39, 0.29) is 11.9 Å². The molecule has 1 atom stereocenters. The number of anilines is 1. The van der Waals surface area contributed by atoms with Gasteiger partial charge in [0.2, 0.25) is 5.91 Å². The molecule has 1 saturated heterocycles. The highest BCUT2D eigenvalue weighted by Gasteiger charge is 2.32. The number of rotatable bonds is 2. The Kier molecular flexibility index (Phi) is 4.28. The van der Waals surface area contributed by atoms with Crippen LogP contribution in [-0.2, 0) is 4.79 Å². The van der Waals surface area contributed by atoms with Gasteiger partial charge in [0.05, 0.1) is 10.5 Å². The van der Waals surface area contributed by atoms with E-state index in [4.69, 9.17) is 16.6 Å². The first kappa shape index (κ1) is 15.6. The molecule has 1 aromatic carbocycles. The second kappa shape index (κ2) is 6.05. The van der Waals surface area contributed by atoms with Crippen LogP contribution in [0, 0.1) is 0 Å². The van der Waals surface area contributed by atoms with Crippen molar-refractivity contribution < 1.29 is 4.79 Å². The van der Waals surface area contributed by atoms with E-state index in [9.17, 15) is 4.79 Å². The fourth-order valence-electron chi connectivity index (χ4n) is 2.90. The van der Waals surface area contributed by atoms with E-state index in [2.05, 4.69) is 20.8 Å². The summed E-state index contributed by atoms with van der Waals surface area (Å²) in [6, 6.07) is 7.67. The minimum absolute atomic E-state index is 0.126. The van der Waals surface area contributed by atoms with Gasteiger partial charge in [-0.25, -0.2) is 4.98 Å². The topological polar surface area (TPSA) is 36.4 Å². The predicted octanol–water partition coefficient (Wildman–Crippen LogP) is 3.71. The van der Waals surface area contributed by atoms with Crippen LogP contribution in [0.25, 0.3) is 10.9 Å². The molecule has 0 radical (unpaired) electrons. The van der Waals surface area contributed by atoms with Crippen molar-refractivity contribution in [1.29, 1.82) is 0 Å². The summed E-state index contributed by atoms with van der Waals surface area (Å²) in [5.74, 6) is 0.940. The van der Waals surface area contributed by atoms with Crippen molar-refractivity contribution in [1.82, 2.24) is 9.88 Å². The van der Waals surface area contributed by atoms with Crippen LogP contribution < -0.4 is 4.90 Å². The number of fused-ring (bicyclic) bond motifs is 1. The van der Waals surface area contributed by atoms with Gasteiger partial charge in [-0.15, -0.1) is 0 Å². The lowest BCUT2D eigenvalue weighted by molar-refractivity contribution is -0.129. The highest BCUT2D eigenvalue weighted by Crippen LogP contribution is 2.31. The quantitative estimate of drug-likeness (QED) is 0.794. The lowest BCUT2D eigenvalue weighted by atomic mass is 10.2. The van der Waals surface area contributed by atoms with Crippen molar-refractivity contribution >= 4 is 50.2 Å². The summed E-state index contributed by atoms with van der Waals surface area (Å²) in [5, 5.41) is 1.60. The molecule has 0 N–H and O–H groups in total. The summed E-state index contributed by atoms with van der Waals surface area (Å²) in [4.78, 5) is 20.8. The second-order valence-electron chi connectivity index (χ2n) is 5.71. The Morgan fingerprint density at radius 3 is 2.91 bits per heavy atom. The lowest BCUT2D eigenvalue weighted by Gasteiger charge is -2.27. The Morgan fingerprint density at radius 2 is 2.18 bits per heavy atom. The first-order chi connectivity index (χ1) is 10.5. The van der Waals surface area contributed by atoms with Crippen molar-refractivity contribution in [3.8, 4) is 0 Å². The number of halogens is 2. The van der Waals surface area contributed by atoms with Gasteiger partial charge in [-0.3, -0.25) is 4.79 Å². The van der Waals surface area contributed by atoms with Gasteiger partial charge in [0.1, 0.15) is 11.9 Å².